The van der Waals surface area contributed by atoms with Crippen LogP contribution in [0, 0.1) is 21.7 Å². The number of imide groups is 2. The number of anilines is 2. The van der Waals surface area contributed by atoms with Crippen molar-refractivity contribution in [1.29, 1.82) is 0 Å². The molecule has 0 N–H and O–H groups in total. The second-order valence-corrected chi connectivity index (χ2v) is 38.4. The second-order valence-electron chi connectivity index (χ2n) is 36.5. The molecular formula is C92H96Br2N2O8. The van der Waals surface area contributed by atoms with E-state index in [2.05, 4.69) is 219 Å². The molecule has 0 spiro atoms. The Bertz CT molecular complexity index is 4630. The minimum atomic E-state index is -0.578. The van der Waals surface area contributed by atoms with Gasteiger partial charge in [-0.3, -0.25) is 19.2 Å². The van der Waals surface area contributed by atoms with Crippen LogP contribution in [0.4, 0.5) is 11.4 Å². The summed E-state index contributed by atoms with van der Waals surface area (Å²) in [5.41, 5.74) is 5.22. The number of carbonyl (C=O) groups excluding carboxylic acids is 4. The number of halogens is 2. The van der Waals surface area contributed by atoms with Crippen LogP contribution in [0.2, 0.25) is 0 Å². The largest absolute Gasteiger partial charge is 0.457 e. The molecule has 104 heavy (non-hydrogen) atoms. The van der Waals surface area contributed by atoms with Crippen molar-refractivity contribution in [2.75, 3.05) is 9.80 Å². The first-order chi connectivity index (χ1) is 48.4. The lowest BCUT2D eigenvalue weighted by Crippen LogP contribution is -2.40. The summed E-state index contributed by atoms with van der Waals surface area (Å²) in [6.45, 7) is 45.0. The molecule has 0 unspecified atom stereocenters. The number of amides is 4. The monoisotopic (exact) mass is 1510 g/mol. The van der Waals surface area contributed by atoms with Crippen LogP contribution >= 0.6 is 31.9 Å². The number of hydrogen-bond donors (Lipinski definition) is 0. The summed E-state index contributed by atoms with van der Waals surface area (Å²) in [5.74, 6) is 0.494. The summed E-state index contributed by atoms with van der Waals surface area (Å²) in [7, 11) is 0. The SMILES string of the molecule is CC(C)(C)CC(C)(C)c1ccc(Oc2cc3c4c(cc(Oc5ccc(C(C)(C)CC(C)(C)C)cc5)c5c6c(Oc7ccc(C(C)(C)CC(C)(C)C)cc7)cc7c8c(cc(Oc9ccc(C(C)(C)CC(C)(C)C)cc9)c(c2c45)c86)C(=O)N(c2ccc(Br)cc2)C7=O)C(=O)N(c2ccc(Br)cc2)C3=O)cc1. The first-order valence-corrected chi connectivity index (χ1v) is 37.8. The van der Waals surface area contributed by atoms with Crippen LogP contribution in [0.5, 0.6) is 46.0 Å². The van der Waals surface area contributed by atoms with E-state index in [0.717, 1.165) is 56.9 Å². The molecule has 2 heterocycles. The highest BCUT2D eigenvalue weighted by molar-refractivity contribution is 9.10. The minimum Gasteiger partial charge on any atom is -0.457 e. The van der Waals surface area contributed by atoms with E-state index < -0.39 is 23.6 Å². The van der Waals surface area contributed by atoms with Crippen molar-refractivity contribution >= 4 is 110 Å². The Morgan fingerprint density at radius 3 is 0.635 bits per heavy atom. The Hall–Kier alpha value is -8.84. The number of rotatable bonds is 18. The van der Waals surface area contributed by atoms with Gasteiger partial charge < -0.3 is 18.9 Å². The molecule has 0 atom stereocenters. The first kappa shape index (κ1) is 73.5. The fourth-order valence-electron chi connectivity index (χ4n) is 17.6. The van der Waals surface area contributed by atoms with Crippen LogP contribution in [-0.4, -0.2) is 23.6 Å². The first-order valence-electron chi connectivity index (χ1n) is 36.2. The van der Waals surface area contributed by atoms with Crippen LogP contribution in [0.3, 0.4) is 0 Å². The van der Waals surface area contributed by atoms with E-state index in [0.29, 0.717) is 77.5 Å². The van der Waals surface area contributed by atoms with Crippen molar-refractivity contribution in [1.82, 2.24) is 0 Å². The molecule has 0 saturated carbocycles. The zero-order valence-corrected chi connectivity index (χ0v) is 67.1. The van der Waals surface area contributed by atoms with Crippen LogP contribution in [-0.2, 0) is 21.7 Å². The van der Waals surface area contributed by atoms with Gasteiger partial charge in [0.1, 0.15) is 46.0 Å². The summed E-state index contributed by atoms with van der Waals surface area (Å²) >= 11 is 7.18. The normalized spacial score (nSPS) is 14.2. The topological polar surface area (TPSA) is 112 Å². The lowest BCUT2D eigenvalue weighted by atomic mass is 9.72. The molecule has 0 saturated heterocycles. The van der Waals surface area contributed by atoms with Gasteiger partial charge in [0.2, 0.25) is 0 Å². The summed E-state index contributed by atoms with van der Waals surface area (Å²) in [5, 5.41) is 3.28. The molecule has 12 heteroatoms. The summed E-state index contributed by atoms with van der Waals surface area (Å²) in [4.78, 5) is 66.9. The summed E-state index contributed by atoms with van der Waals surface area (Å²) in [6.07, 6.45) is 3.65. The van der Waals surface area contributed by atoms with E-state index in [1.807, 2.05) is 48.5 Å². The molecule has 11 aromatic carbocycles. The smallest absolute Gasteiger partial charge is 0.266 e. The van der Waals surface area contributed by atoms with Crippen molar-refractivity contribution in [3.8, 4) is 46.0 Å². The van der Waals surface area contributed by atoms with Crippen molar-refractivity contribution in [2.45, 2.75) is 186 Å². The van der Waals surface area contributed by atoms with Crippen molar-refractivity contribution in [3.63, 3.8) is 0 Å². The molecule has 2 aliphatic rings. The average molecular weight is 1520 g/mol. The minimum absolute atomic E-state index is 0.0325. The fourth-order valence-corrected chi connectivity index (χ4v) is 18.1. The maximum Gasteiger partial charge on any atom is 0.266 e. The van der Waals surface area contributed by atoms with Gasteiger partial charge in [0, 0.05) is 52.0 Å². The van der Waals surface area contributed by atoms with E-state index in [4.69, 9.17) is 18.9 Å². The Morgan fingerprint density at radius 1 is 0.260 bits per heavy atom. The van der Waals surface area contributed by atoms with Gasteiger partial charge in [-0.15, -0.1) is 0 Å². The highest BCUT2D eigenvalue weighted by Crippen LogP contribution is 2.59. The third-order valence-electron chi connectivity index (χ3n) is 20.4. The molecule has 11 aromatic rings. The summed E-state index contributed by atoms with van der Waals surface area (Å²) in [6, 6.07) is 53.6. The predicted octanol–water partition coefficient (Wildman–Crippen LogP) is 26.9. The molecule has 0 aromatic heterocycles. The van der Waals surface area contributed by atoms with Crippen LogP contribution in [0.15, 0.2) is 179 Å². The van der Waals surface area contributed by atoms with Gasteiger partial charge in [0.05, 0.1) is 33.6 Å². The maximum absolute atomic E-state index is 16.1. The van der Waals surface area contributed by atoms with Gasteiger partial charge in [-0.05, 0) is 213 Å². The quantitative estimate of drug-likeness (QED) is 0.0474. The van der Waals surface area contributed by atoms with E-state index in [-0.39, 0.29) is 88.6 Å². The van der Waals surface area contributed by atoms with E-state index in [9.17, 15) is 0 Å². The Kier molecular flexibility index (Phi) is 18.4. The van der Waals surface area contributed by atoms with E-state index >= 15 is 19.2 Å². The standard InChI is InChI=1S/C92H96Br2N2O8/c1-85(2,3)49-89(13,14)53-21-37-61(38-22-53)101-69-45-65-73-66(82(98)95(81(65)97)59-33-29-57(93)30-34-59)47-71(103-63-41-25-55(26-42-63)91(17,18)51-87(7,8)9)77-78-72(104-64-43-27-56(28-44-64)92(19,20)52-88(10,11)12)48-68-74-67(83(99)96(84(68)100)60-35-31-58(94)32-36-60)46-70(76(80(74)78)75(69)79(73)77)102-62-39-23-54(24-40-62)90(15,16)50-86(4,5)6/h21-48H,49-52H2,1-20H3. The molecule has 536 valence electrons. The zero-order valence-electron chi connectivity index (χ0n) is 63.9. The van der Waals surface area contributed by atoms with Crippen LogP contribution < -0.4 is 28.7 Å². The van der Waals surface area contributed by atoms with Gasteiger partial charge >= 0.3 is 0 Å². The van der Waals surface area contributed by atoms with Gasteiger partial charge in [-0.25, -0.2) is 9.80 Å². The number of nitrogens with zero attached hydrogens (tertiary/aromatic N) is 2. The molecule has 0 radical (unpaired) electrons. The Morgan fingerprint density at radius 2 is 0.452 bits per heavy atom. The summed E-state index contributed by atoms with van der Waals surface area (Å²) < 4.78 is 31.4. The van der Waals surface area contributed by atoms with Crippen molar-refractivity contribution in [3.05, 3.63) is 223 Å². The third-order valence-corrected chi connectivity index (χ3v) is 21.5. The van der Waals surface area contributed by atoms with Gasteiger partial charge in [-0.2, -0.15) is 0 Å². The van der Waals surface area contributed by atoms with Crippen molar-refractivity contribution in [2.24, 2.45) is 21.7 Å². The Labute approximate surface area is 630 Å². The molecule has 13 rings (SSSR count). The fraction of sp³-hybridized carbons (Fsp3) is 0.348. The highest BCUT2D eigenvalue weighted by atomic mass is 79.9. The molecule has 10 nitrogen and oxygen atoms in total. The number of benzene rings is 11. The highest BCUT2D eigenvalue weighted by Gasteiger charge is 2.43. The third kappa shape index (κ3) is 14.3. The maximum atomic E-state index is 16.1. The molecule has 0 fully saturated rings. The number of fused-ring (bicyclic) bond motifs is 2. The van der Waals surface area contributed by atoms with Crippen molar-refractivity contribution < 1.29 is 38.1 Å². The predicted molar refractivity (Wildman–Crippen MR) is 433 cm³/mol. The molecule has 2 aliphatic heterocycles. The second kappa shape index (κ2) is 26.0. The molecular weight excluding hydrogens is 1420 g/mol. The molecule has 0 aliphatic carbocycles. The molecule has 4 amide bonds. The zero-order chi connectivity index (χ0) is 75.1. The lowest BCUT2D eigenvalue weighted by molar-refractivity contribution is 0.0877. The van der Waals surface area contributed by atoms with Gasteiger partial charge in [0.15, 0.2) is 0 Å². The van der Waals surface area contributed by atoms with Gasteiger partial charge in [-0.1, -0.05) is 219 Å². The number of carbonyl (C=O) groups is 4. The average Bonchev–Trinajstić information content (AvgIpc) is 0.670. The lowest BCUT2D eigenvalue weighted by Gasteiger charge is -2.33. The van der Waals surface area contributed by atoms with Gasteiger partial charge in [0.25, 0.3) is 23.6 Å². The number of ether oxygens (including phenoxy) is 4. The van der Waals surface area contributed by atoms with E-state index in [1.54, 1.807) is 72.8 Å². The Balaban J connectivity index is 1.20. The number of hydrogen-bond acceptors (Lipinski definition) is 8. The molecule has 0 bridgehead atoms. The van der Waals surface area contributed by atoms with Crippen LogP contribution in [0.25, 0.3) is 43.1 Å². The van der Waals surface area contributed by atoms with E-state index in [1.165, 1.54) is 9.80 Å². The van der Waals surface area contributed by atoms with Crippen LogP contribution in [0.1, 0.15) is 228 Å².